The molecular formula is C21H25N3O4. The van der Waals surface area contributed by atoms with Gasteiger partial charge >= 0.3 is 12.0 Å². The number of hydrogen-bond donors (Lipinski definition) is 3. The van der Waals surface area contributed by atoms with Crippen molar-refractivity contribution in [2.24, 2.45) is 5.92 Å². The molecule has 2 aromatic carbocycles. The molecule has 0 bridgehead atoms. The van der Waals surface area contributed by atoms with Crippen molar-refractivity contribution >= 4 is 29.3 Å². The normalized spacial score (nSPS) is 12.6. The van der Waals surface area contributed by atoms with Crippen molar-refractivity contribution in [2.45, 2.75) is 32.9 Å². The maximum Gasteiger partial charge on any atom is 0.329 e. The standard InChI is InChI=1S/C21H25N3O4/c1-14(2)18(24-21(27)23-17-12-8-5-9-13-17)20(26)28-15(3)19(25)22-16-10-6-4-7-11-16/h4-15,18H,1-3H3,(H,22,25)(H2,23,24,27)/t15-,18+/m0/s1. The molecule has 0 spiro atoms. The van der Waals surface area contributed by atoms with Crippen molar-refractivity contribution in [3.63, 3.8) is 0 Å². The molecule has 0 saturated carbocycles. The zero-order chi connectivity index (χ0) is 20.5. The predicted octanol–water partition coefficient (Wildman–Crippen LogP) is 3.40. The summed E-state index contributed by atoms with van der Waals surface area (Å²) in [6.07, 6.45) is -1.01. The summed E-state index contributed by atoms with van der Waals surface area (Å²) >= 11 is 0. The summed E-state index contributed by atoms with van der Waals surface area (Å²) in [5, 5.41) is 7.93. The molecule has 0 aliphatic rings. The summed E-state index contributed by atoms with van der Waals surface area (Å²) in [6.45, 7) is 5.05. The third kappa shape index (κ3) is 6.42. The highest BCUT2D eigenvalue weighted by molar-refractivity contribution is 5.96. The van der Waals surface area contributed by atoms with Crippen LogP contribution in [0.3, 0.4) is 0 Å². The first kappa shape index (κ1) is 21.0. The Morgan fingerprint density at radius 1 is 0.786 bits per heavy atom. The third-order valence-electron chi connectivity index (χ3n) is 3.94. The van der Waals surface area contributed by atoms with Crippen LogP contribution in [-0.2, 0) is 14.3 Å². The van der Waals surface area contributed by atoms with Gasteiger partial charge in [0.15, 0.2) is 6.10 Å². The average molecular weight is 383 g/mol. The van der Waals surface area contributed by atoms with Crippen LogP contribution in [-0.4, -0.2) is 30.1 Å². The number of urea groups is 1. The average Bonchev–Trinajstić information content (AvgIpc) is 2.67. The van der Waals surface area contributed by atoms with Crippen LogP contribution in [0, 0.1) is 5.92 Å². The van der Waals surface area contributed by atoms with Crippen LogP contribution < -0.4 is 16.0 Å². The summed E-state index contributed by atoms with van der Waals surface area (Å²) < 4.78 is 5.27. The number of anilines is 2. The van der Waals surface area contributed by atoms with Crippen LogP contribution in [0.5, 0.6) is 0 Å². The van der Waals surface area contributed by atoms with E-state index >= 15 is 0 Å². The van der Waals surface area contributed by atoms with Gasteiger partial charge in [-0.2, -0.15) is 0 Å². The molecule has 148 valence electrons. The Hall–Kier alpha value is -3.35. The molecule has 3 N–H and O–H groups in total. The van der Waals surface area contributed by atoms with Crippen molar-refractivity contribution in [3.8, 4) is 0 Å². The van der Waals surface area contributed by atoms with Crippen molar-refractivity contribution in [1.29, 1.82) is 0 Å². The largest absolute Gasteiger partial charge is 0.451 e. The van der Waals surface area contributed by atoms with Gasteiger partial charge in [0, 0.05) is 11.4 Å². The summed E-state index contributed by atoms with van der Waals surface area (Å²) in [4.78, 5) is 36.9. The van der Waals surface area contributed by atoms with E-state index in [0.717, 1.165) is 0 Å². The molecule has 0 fully saturated rings. The lowest BCUT2D eigenvalue weighted by molar-refractivity contribution is -0.156. The summed E-state index contributed by atoms with van der Waals surface area (Å²) in [6, 6.07) is 16.3. The Labute approximate surface area is 164 Å². The molecule has 0 unspecified atom stereocenters. The lowest BCUT2D eigenvalue weighted by atomic mass is 10.0. The van der Waals surface area contributed by atoms with Crippen molar-refractivity contribution in [1.82, 2.24) is 5.32 Å². The molecule has 7 nitrogen and oxygen atoms in total. The monoisotopic (exact) mass is 383 g/mol. The molecule has 3 amide bonds. The molecule has 7 heteroatoms. The molecule has 0 saturated heterocycles. The van der Waals surface area contributed by atoms with Crippen LogP contribution in [0.2, 0.25) is 0 Å². The van der Waals surface area contributed by atoms with Gasteiger partial charge in [0.05, 0.1) is 0 Å². The smallest absolute Gasteiger partial charge is 0.329 e. The predicted molar refractivity (Wildman–Crippen MR) is 108 cm³/mol. The molecule has 0 aromatic heterocycles. The fourth-order valence-corrected chi connectivity index (χ4v) is 2.39. The molecule has 0 aliphatic heterocycles. The second-order valence-electron chi connectivity index (χ2n) is 6.62. The minimum atomic E-state index is -1.01. The lowest BCUT2D eigenvalue weighted by Gasteiger charge is -2.23. The number of hydrogen-bond acceptors (Lipinski definition) is 4. The SMILES string of the molecule is CC(C)[C@@H](NC(=O)Nc1ccccc1)C(=O)O[C@@H](C)C(=O)Nc1ccccc1. The van der Waals surface area contributed by atoms with E-state index in [1.54, 1.807) is 62.4 Å². The zero-order valence-corrected chi connectivity index (χ0v) is 16.1. The number of carbonyl (C=O) groups excluding carboxylic acids is 3. The maximum atomic E-state index is 12.5. The molecule has 0 radical (unpaired) electrons. The number of esters is 1. The molecule has 2 atom stereocenters. The van der Waals surface area contributed by atoms with Crippen LogP contribution in [0.15, 0.2) is 60.7 Å². The van der Waals surface area contributed by atoms with E-state index in [9.17, 15) is 14.4 Å². The van der Waals surface area contributed by atoms with Gasteiger partial charge in [0.25, 0.3) is 5.91 Å². The molecule has 0 heterocycles. The van der Waals surface area contributed by atoms with Crippen LogP contribution in [0.1, 0.15) is 20.8 Å². The van der Waals surface area contributed by atoms with Crippen molar-refractivity contribution in [2.75, 3.05) is 10.6 Å². The van der Waals surface area contributed by atoms with E-state index < -0.39 is 30.1 Å². The maximum absolute atomic E-state index is 12.5. The number of benzene rings is 2. The Bertz CT molecular complexity index is 794. The van der Waals surface area contributed by atoms with Gasteiger partial charge in [-0.15, -0.1) is 0 Å². The molecule has 2 rings (SSSR count). The van der Waals surface area contributed by atoms with Gasteiger partial charge in [-0.3, -0.25) is 4.79 Å². The van der Waals surface area contributed by atoms with E-state index in [4.69, 9.17) is 4.74 Å². The fourth-order valence-electron chi connectivity index (χ4n) is 2.39. The second kappa shape index (κ2) is 10.1. The number of rotatable bonds is 7. The molecule has 28 heavy (non-hydrogen) atoms. The first-order chi connectivity index (χ1) is 13.4. The Kier molecular flexibility index (Phi) is 7.56. The first-order valence-electron chi connectivity index (χ1n) is 9.05. The number of amides is 3. The highest BCUT2D eigenvalue weighted by Gasteiger charge is 2.29. The van der Waals surface area contributed by atoms with E-state index in [2.05, 4.69) is 16.0 Å². The third-order valence-corrected chi connectivity index (χ3v) is 3.94. The van der Waals surface area contributed by atoms with E-state index in [-0.39, 0.29) is 5.92 Å². The summed E-state index contributed by atoms with van der Waals surface area (Å²) in [7, 11) is 0. The highest BCUT2D eigenvalue weighted by Crippen LogP contribution is 2.10. The van der Waals surface area contributed by atoms with Gasteiger partial charge < -0.3 is 20.7 Å². The van der Waals surface area contributed by atoms with Crippen molar-refractivity contribution < 1.29 is 19.1 Å². The van der Waals surface area contributed by atoms with E-state index in [0.29, 0.717) is 11.4 Å². The highest BCUT2D eigenvalue weighted by atomic mass is 16.5. The molecule has 0 aliphatic carbocycles. The zero-order valence-electron chi connectivity index (χ0n) is 16.1. The van der Waals surface area contributed by atoms with Gasteiger partial charge in [-0.25, -0.2) is 9.59 Å². The van der Waals surface area contributed by atoms with Gasteiger partial charge in [-0.05, 0) is 37.1 Å². The van der Waals surface area contributed by atoms with Crippen molar-refractivity contribution in [3.05, 3.63) is 60.7 Å². The topological polar surface area (TPSA) is 96.5 Å². The van der Waals surface area contributed by atoms with E-state index in [1.165, 1.54) is 6.92 Å². The minimum absolute atomic E-state index is 0.224. The summed E-state index contributed by atoms with van der Waals surface area (Å²) in [5.41, 5.74) is 1.21. The number of carbonyl (C=O) groups is 3. The fraction of sp³-hybridized carbons (Fsp3) is 0.286. The lowest BCUT2D eigenvalue weighted by Crippen LogP contribution is -2.48. The van der Waals surface area contributed by atoms with Crippen LogP contribution in [0.25, 0.3) is 0 Å². The minimum Gasteiger partial charge on any atom is -0.451 e. The number of ether oxygens (including phenoxy) is 1. The summed E-state index contributed by atoms with van der Waals surface area (Å²) in [5.74, 6) is -1.34. The molecular weight excluding hydrogens is 358 g/mol. The quantitative estimate of drug-likeness (QED) is 0.639. The second-order valence-corrected chi connectivity index (χ2v) is 6.62. The van der Waals surface area contributed by atoms with Gasteiger partial charge in [0.1, 0.15) is 6.04 Å². The Morgan fingerprint density at radius 3 is 1.79 bits per heavy atom. The molecule has 2 aromatic rings. The Morgan fingerprint density at radius 2 is 1.29 bits per heavy atom. The first-order valence-corrected chi connectivity index (χ1v) is 9.05. The van der Waals surface area contributed by atoms with E-state index in [1.807, 2.05) is 12.1 Å². The van der Waals surface area contributed by atoms with Gasteiger partial charge in [-0.1, -0.05) is 50.2 Å². The van der Waals surface area contributed by atoms with Crippen LogP contribution >= 0.6 is 0 Å². The number of nitrogens with one attached hydrogen (secondary N) is 3. The van der Waals surface area contributed by atoms with Gasteiger partial charge in [0.2, 0.25) is 0 Å². The Balaban J connectivity index is 1.92. The van der Waals surface area contributed by atoms with Crippen LogP contribution in [0.4, 0.5) is 16.2 Å². The number of para-hydroxylation sites is 2.